The van der Waals surface area contributed by atoms with Crippen molar-refractivity contribution in [3.05, 3.63) is 42.4 Å². The van der Waals surface area contributed by atoms with Gasteiger partial charge in [0.2, 0.25) is 11.8 Å². The molecule has 0 bridgehead atoms. The lowest BCUT2D eigenvalue weighted by molar-refractivity contribution is 0.115. The maximum absolute atomic E-state index is 9.76. The van der Waals surface area contributed by atoms with Crippen molar-refractivity contribution in [3.63, 3.8) is 0 Å². The summed E-state index contributed by atoms with van der Waals surface area (Å²) in [6.07, 6.45) is 14.0. The Kier molecular flexibility index (Phi) is 6.45. The van der Waals surface area contributed by atoms with Gasteiger partial charge in [-0.3, -0.25) is 4.90 Å². The van der Waals surface area contributed by atoms with Crippen LogP contribution < -0.4 is 20.7 Å². The number of nitrogens with zero attached hydrogens (tertiary/aromatic N) is 4. The number of likely N-dealkylation sites (tertiary alicyclic amines) is 1. The molecule has 1 aliphatic carbocycles. The minimum atomic E-state index is -0.155. The van der Waals surface area contributed by atoms with Gasteiger partial charge in [-0.2, -0.15) is 0 Å². The molecule has 1 unspecified atom stereocenters. The molecule has 0 spiro atoms. The Morgan fingerprint density at radius 3 is 2.88 bits per heavy atom. The van der Waals surface area contributed by atoms with E-state index in [1.807, 2.05) is 23.2 Å². The number of pyridine rings is 1. The average Bonchev–Trinajstić information content (AvgIpc) is 3.46. The summed E-state index contributed by atoms with van der Waals surface area (Å²) in [6.45, 7) is 3.93. The van der Waals surface area contributed by atoms with Crippen LogP contribution in [0.3, 0.4) is 0 Å². The van der Waals surface area contributed by atoms with Crippen LogP contribution in [0.15, 0.2) is 47.5 Å². The highest BCUT2D eigenvalue weighted by Gasteiger charge is 2.30. The summed E-state index contributed by atoms with van der Waals surface area (Å²) in [7, 11) is 0. The van der Waals surface area contributed by atoms with Crippen LogP contribution in [0.1, 0.15) is 38.5 Å². The highest BCUT2D eigenvalue weighted by Crippen LogP contribution is 2.24. The molecule has 1 aromatic rings. The lowest BCUT2D eigenvalue weighted by Crippen LogP contribution is -2.44. The van der Waals surface area contributed by atoms with Crippen molar-refractivity contribution in [1.29, 1.82) is 0 Å². The van der Waals surface area contributed by atoms with Crippen molar-refractivity contribution in [1.82, 2.24) is 25.5 Å². The lowest BCUT2D eigenvalue weighted by atomic mass is 9.93. The zero-order chi connectivity index (χ0) is 21.8. The molecule has 1 saturated carbocycles. The molecule has 9 heteroatoms. The number of rotatable bonds is 7. The molecule has 1 saturated heterocycles. The van der Waals surface area contributed by atoms with E-state index in [4.69, 9.17) is 9.84 Å². The molecule has 0 radical (unpaired) electrons. The van der Waals surface area contributed by atoms with Crippen LogP contribution in [-0.2, 0) is 0 Å². The first-order chi connectivity index (χ1) is 15.7. The predicted molar refractivity (Wildman–Crippen MR) is 124 cm³/mol. The second-order valence-electron chi connectivity index (χ2n) is 8.87. The van der Waals surface area contributed by atoms with Crippen molar-refractivity contribution in [2.75, 3.05) is 31.6 Å². The van der Waals surface area contributed by atoms with Crippen LogP contribution in [0.25, 0.3) is 0 Å². The average molecular weight is 440 g/mol. The number of fused-ring (bicyclic) bond motifs is 1. The summed E-state index contributed by atoms with van der Waals surface area (Å²) < 4.78 is 5.87. The summed E-state index contributed by atoms with van der Waals surface area (Å²) in [5.41, 5.74) is 0.881. The number of guanidine groups is 1. The fraction of sp³-hybridized carbons (Fsp3) is 0.565. The van der Waals surface area contributed by atoms with Gasteiger partial charge in [-0.25, -0.2) is 9.99 Å². The Balaban J connectivity index is 1.16. The van der Waals surface area contributed by atoms with Crippen molar-refractivity contribution < 1.29 is 9.84 Å². The summed E-state index contributed by atoms with van der Waals surface area (Å²) in [4.78, 5) is 6.76. The third-order valence-electron chi connectivity index (χ3n) is 6.45. The van der Waals surface area contributed by atoms with E-state index >= 15 is 0 Å². The second-order valence-corrected chi connectivity index (χ2v) is 8.87. The van der Waals surface area contributed by atoms with E-state index in [2.05, 4.69) is 38.0 Å². The van der Waals surface area contributed by atoms with E-state index in [9.17, 15) is 5.11 Å². The number of ether oxygens (including phenoxy) is 1. The van der Waals surface area contributed by atoms with Gasteiger partial charge in [0.15, 0.2) is 0 Å². The van der Waals surface area contributed by atoms with E-state index < -0.39 is 0 Å². The van der Waals surface area contributed by atoms with Gasteiger partial charge in [-0.15, -0.1) is 5.10 Å². The smallest absolute Gasteiger partial charge is 0.220 e. The van der Waals surface area contributed by atoms with Gasteiger partial charge < -0.3 is 25.8 Å². The molecule has 0 aromatic carbocycles. The standard InChI is InChI=1S/C23H33N7O2/c31-19-8-6-17(7-9-19)25-20-4-3-5-21-27-23(28-30(20)21)26-18-10-11-24-22(16-18)32-15-14-29-12-1-2-13-29/h3-5,10-11,16-17,19,21,25,31H,1-2,6-9,12-15H2,(H2,24,26,27,28)/t17-,19+,21?. The van der Waals surface area contributed by atoms with E-state index in [0.29, 0.717) is 24.5 Å². The Labute approximate surface area is 189 Å². The van der Waals surface area contributed by atoms with Gasteiger partial charge in [0.1, 0.15) is 18.6 Å². The Hall–Kier alpha value is -2.78. The Morgan fingerprint density at radius 2 is 2.03 bits per heavy atom. The van der Waals surface area contributed by atoms with E-state index in [-0.39, 0.29) is 12.3 Å². The Bertz CT molecular complexity index is 873. The lowest BCUT2D eigenvalue weighted by Gasteiger charge is -2.32. The van der Waals surface area contributed by atoms with Gasteiger partial charge in [0, 0.05) is 30.5 Å². The second kappa shape index (κ2) is 9.79. The molecule has 2 fully saturated rings. The highest BCUT2D eigenvalue weighted by atomic mass is 16.5. The molecular weight excluding hydrogens is 406 g/mol. The third-order valence-corrected chi connectivity index (χ3v) is 6.45. The maximum atomic E-state index is 9.76. The van der Waals surface area contributed by atoms with Crippen molar-refractivity contribution in [3.8, 4) is 5.88 Å². The molecule has 1 aromatic heterocycles. The van der Waals surface area contributed by atoms with Crippen LogP contribution in [0.5, 0.6) is 5.88 Å². The molecule has 9 nitrogen and oxygen atoms in total. The minimum Gasteiger partial charge on any atom is -0.476 e. The number of hydrogen-bond acceptors (Lipinski definition) is 9. The number of allylic oxidation sites excluding steroid dienone is 2. The topological polar surface area (TPSA) is 97.3 Å². The number of aliphatic hydroxyl groups excluding tert-OH is 1. The predicted octanol–water partition coefficient (Wildman–Crippen LogP) is 1.77. The van der Waals surface area contributed by atoms with Crippen LogP contribution in [0.4, 0.5) is 5.69 Å². The first-order valence-corrected chi connectivity index (χ1v) is 11.8. The fourth-order valence-corrected chi connectivity index (χ4v) is 4.65. The zero-order valence-electron chi connectivity index (χ0n) is 18.4. The van der Waals surface area contributed by atoms with E-state index in [1.54, 1.807) is 6.20 Å². The summed E-state index contributed by atoms with van der Waals surface area (Å²) in [5, 5.41) is 26.8. The number of aliphatic hydroxyl groups is 1. The fourth-order valence-electron chi connectivity index (χ4n) is 4.65. The Morgan fingerprint density at radius 1 is 1.19 bits per heavy atom. The van der Waals surface area contributed by atoms with Gasteiger partial charge in [0.25, 0.3) is 0 Å². The molecule has 5 rings (SSSR count). The monoisotopic (exact) mass is 439 g/mol. The summed E-state index contributed by atoms with van der Waals surface area (Å²) in [5.74, 6) is 2.28. The first kappa shape index (κ1) is 21.1. The number of anilines is 1. The normalized spacial score (nSPS) is 27.4. The molecule has 32 heavy (non-hydrogen) atoms. The quantitative estimate of drug-likeness (QED) is 0.511. The van der Waals surface area contributed by atoms with Crippen molar-refractivity contribution >= 4 is 11.6 Å². The molecule has 0 amide bonds. The number of aromatic nitrogens is 1. The van der Waals surface area contributed by atoms with Crippen LogP contribution in [0.2, 0.25) is 0 Å². The zero-order valence-corrected chi connectivity index (χ0v) is 18.4. The van der Waals surface area contributed by atoms with Crippen LogP contribution in [-0.4, -0.2) is 70.5 Å². The van der Waals surface area contributed by atoms with Crippen LogP contribution >= 0.6 is 0 Å². The van der Waals surface area contributed by atoms with Gasteiger partial charge in [0.05, 0.1) is 6.10 Å². The van der Waals surface area contributed by atoms with E-state index in [0.717, 1.165) is 43.7 Å². The highest BCUT2D eigenvalue weighted by molar-refractivity contribution is 5.95. The first-order valence-electron chi connectivity index (χ1n) is 11.8. The number of nitrogens with one attached hydrogen (secondary N) is 3. The summed E-state index contributed by atoms with van der Waals surface area (Å²) >= 11 is 0. The third kappa shape index (κ3) is 5.16. The van der Waals surface area contributed by atoms with E-state index in [1.165, 1.54) is 25.9 Å². The van der Waals surface area contributed by atoms with Gasteiger partial charge in [-0.1, -0.05) is 6.08 Å². The SMILES string of the molecule is O[C@H]1CC[C@@H](NC2=CC=CC3NC(Nc4ccnc(OCCN5CCCC5)c4)=NN23)CC1. The maximum Gasteiger partial charge on any atom is 0.220 e. The minimum absolute atomic E-state index is 0.0304. The largest absolute Gasteiger partial charge is 0.476 e. The molecular formula is C23H33N7O2. The molecule has 3 aliphatic heterocycles. The van der Waals surface area contributed by atoms with Gasteiger partial charge in [-0.05, 0) is 69.8 Å². The molecule has 4 N–H and O–H groups in total. The van der Waals surface area contributed by atoms with Gasteiger partial charge >= 0.3 is 0 Å². The van der Waals surface area contributed by atoms with Crippen molar-refractivity contribution in [2.24, 2.45) is 5.10 Å². The molecule has 172 valence electrons. The molecule has 1 atom stereocenters. The van der Waals surface area contributed by atoms with Crippen molar-refractivity contribution in [2.45, 2.75) is 56.8 Å². The number of hydrogen-bond donors (Lipinski definition) is 4. The molecule has 4 heterocycles. The van der Waals surface area contributed by atoms with Crippen LogP contribution in [0, 0.1) is 0 Å². The summed E-state index contributed by atoms with van der Waals surface area (Å²) in [6, 6.07) is 4.18. The molecule has 4 aliphatic rings. The number of hydrazone groups is 1.